The molecular weight excluding hydrogens is 343 g/mol. The summed E-state index contributed by atoms with van der Waals surface area (Å²) in [5.41, 5.74) is 1.36. The van der Waals surface area contributed by atoms with Crippen molar-refractivity contribution in [2.75, 3.05) is 13.2 Å². The molecule has 4 nitrogen and oxygen atoms in total. The van der Waals surface area contributed by atoms with Gasteiger partial charge >= 0.3 is 0 Å². The SMILES string of the molecule is CCNC(=NCc1cccc(OCC(F)F)c1)NCc1ccccc1F. The van der Waals surface area contributed by atoms with Gasteiger partial charge in [0.2, 0.25) is 0 Å². The molecular formula is C19H22F3N3O. The van der Waals surface area contributed by atoms with Crippen LogP contribution in [0.3, 0.4) is 0 Å². The molecule has 0 aliphatic carbocycles. The fourth-order valence-electron chi connectivity index (χ4n) is 2.23. The number of nitrogens with one attached hydrogen (secondary N) is 2. The lowest BCUT2D eigenvalue weighted by Crippen LogP contribution is -2.37. The molecule has 0 saturated heterocycles. The highest BCUT2D eigenvalue weighted by molar-refractivity contribution is 5.79. The van der Waals surface area contributed by atoms with E-state index in [2.05, 4.69) is 15.6 Å². The Kier molecular flexibility index (Phi) is 7.79. The van der Waals surface area contributed by atoms with Gasteiger partial charge in [-0.25, -0.2) is 18.2 Å². The first-order valence-corrected chi connectivity index (χ1v) is 8.34. The fourth-order valence-corrected chi connectivity index (χ4v) is 2.23. The molecule has 0 heterocycles. The van der Waals surface area contributed by atoms with Gasteiger partial charge in [-0.05, 0) is 30.7 Å². The van der Waals surface area contributed by atoms with Crippen molar-refractivity contribution in [1.82, 2.24) is 10.6 Å². The highest BCUT2D eigenvalue weighted by atomic mass is 19.3. The number of guanidine groups is 1. The smallest absolute Gasteiger partial charge is 0.272 e. The van der Waals surface area contributed by atoms with Gasteiger partial charge in [-0.3, -0.25) is 0 Å². The van der Waals surface area contributed by atoms with Gasteiger partial charge in [0.1, 0.15) is 18.2 Å². The van der Waals surface area contributed by atoms with E-state index in [0.717, 1.165) is 5.56 Å². The summed E-state index contributed by atoms with van der Waals surface area (Å²) in [5, 5.41) is 6.15. The molecule has 0 radical (unpaired) electrons. The van der Waals surface area contributed by atoms with Crippen LogP contribution in [0.5, 0.6) is 5.75 Å². The zero-order valence-electron chi connectivity index (χ0n) is 14.5. The number of ether oxygens (including phenoxy) is 1. The summed E-state index contributed by atoms with van der Waals surface area (Å²) in [6.07, 6.45) is -2.51. The molecule has 0 amide bonds. The Bertz CT molecular complexity index is 723. The van der Waals surface area contributed by atoms with Crippen molar-refractivity contribution >= 4 is 5.96 Å². The zero-order valence-corrected chi connectivity index (χ0v) is 14.5. The molecule has 0 aromatic heterocycles. The molecule has 0 saturated carbocycles. The molecule has 0 aliphatic heterocycles. The first-order valence-electron chi connectivity index (χ1n) is 8.34. The van der Waals surface area contributed by atoms with Crippen LogP contribution >= 0.6 is 0 Å². The molecule has 26 heavy (non-hydrogen) atoms. The standard InChI is InChI=1S/C19H22F3N3O/c1-2-23-19(25-12-15-7-3-4-9-17(15)20)24-11-14-6-5-8-16(10-14)26-13-18(21)22/h3-10,18H,2,11-13H2,1H3,(H2,23,24,25). The second kappa shape index (κ2) is 10.3. The van der Waals surface area contributed by atoms with E-state index < -0.39 is 13.0 Å². The Morgan fingerprint density at radius 3 is 2.65 bits per heavy atom. The maximum Gasteiger partial charge on any atom is 0.272 e. The Labute approximate surface area is 151 Å². The maximum absolute atomic E-state index is 13.7. The highest BCUT2D eigenvalue weighted by Gasteiger charge is 2.05. The van der Waals surface area contributed by atoms with Crippen molar-refractivity contribution in [2.24, 2.45) is 4.99 Å². The van der Waals surface area contributed by atoms with E-state index in [1.165, 1.54) is 6.07 Å². The quantitative estimate of drug-likeness (QED) is 0.554. The topological polar surface area (TPSA) is 45.7 Å². The Morgan fingerprint density at radius 2 is 1.92 bits per heavy atom. The van der Waals surface area contributed by atoms with E-state index in [9.17, 15) is 13.2 Å². The van der Waals surface area contributed by atoms with Crippen LogP contribution in [0.2, 0.25) is 0 Å². The first-order chi connectivity index (χ1) is 12.6. The zero-order chi connectivity index (χ0) is 18.8. The van der Waals surface area contributed by atoms with E-state index in [-0.39, 0.29) is 5.82 Å². The van der Waals surface area contributed by atoms with Gasteiger partial charge in [0.15, 0.2) is 5.96 Å². The number of alkyl halides is 2. The summed E-state index contributed by atoms with van der Waals surface area (Å²) in [7, 11) is 0. The van der Waals surface area contributed by atoms with Crippen molar-refractivity contribution < 1.29 is 17.9 Å². The van der Waals surface area contributed by atoms with Crippen LogP contribution in [0.1, 0.15) is 18.1 Å². The van der Waals surface area contributed by atoms with Crippen molar-refractivity contribution in [3.8, 4) is 5.75 Å². The van der Waals surface area contributed by atoms with E-state index in [0.29, 0.717) is 36.9 Å². The van der Waals surface area contributed by atoms with Crippen LogP contribution in [0.15, 0.2) is 53.5 Å². The third-order valence-electron chi connectivity index (χ3n) is 3.44. The van der Waals surface area contributed by atoms with Gasteiger partial charge in [-0.15, -0.1) is 0 Å². The lowest BCUT2D eigenvalue weighted by molar-refractivity contribution is 0.0818. The number of benzene rings is 2. The summed E-state index contributed by atoms with van der Waals surface area (Å²) in [6, 6.07) is 13.4. The van der Waals surface area contributed by atoms with E-state index in [1.54, 1.807) is 36.4 Å². The lowest BCUT2D eigenvalue weighted by Gasteiger charge is -2.12. The summed E-state index contributed by atoms with van der Waals surface area (Å²) in [6.45, 7) is 2.58. The molecule has 2 aromatic rings. The molecule has 7 heteroatoms. The number of hydrogen-bond acceptors (Lipinski definition) is 2. The molecule has 140 valence electrons. The number of rotatable bonds is 8. The largest absolute Gasteiger partial charge is 0.488 e. The molecule has 0 bridgehead atoms. The van der Waals surface area contributed by atoms with E-state index in [1.807, 2.05) is 13.0 Å². The van der Waals surface area contributed by atoms with Crippen molar-refractivity contribution in [3.63, 3.8) is 0 Å². The van der Waals surface area contributed by atoms with Crippen LogP contribution in [0, 0.1) is 5.82 Å². The first kappa shape index (κ1) is 19.6. The minimum atomic E-state index is -2.51. The van der Waals surface area contributed by atoms with E-state index in [4.69, 9.17) is 4.74 Å². The van der Waals surface area contributed by atoms with Crippen molar-refractivity contribution in [3.05, 3.63) is 65.5 Å². The third-order valence-corrected chi connectivity index (χ3v) is 3.44. The summed E-state index contributed by atoms with van der Waals surface area (Å²) in [5.74, 6) is 0.636. The molecule has 2 aromatic carbocycles. The molecule has 0 fully saturated rings. The highest BCUT2D eigenvalue weighted by Crippen LogP contribution is 2.15. The Balaban J connectivity index is 1.97. The minimum Gasteiger partial charge on any atom is -0.488 e. The molecule has 0 atom stereocenters. The Hall–Kier alpha value is -2.70. The van der Waals surface area contributed by atoms with Gasteiger partial charge in [0.05, 0.1) is 6.54 Å². The van der Waals surface area contributed by atoms with Crippen molar-refractivity contribution in [2.45, 2.75) is 26.4 Å². The summed E-state index contributed by atoms with van der Waals surface area (Å²) in [4.78, 5) is 4.43. The van der Waals surface area contributed by atoms with Gasteiger partial charge < -0.3 is 15.4 Å². The van der Waals surface area contributed by atoms with Gasteiger partial charge in [0, 0.05) is 18.7 Å². The van der Waals surface area contributed by atoms with Gasteiger partial charge in [0.25, 0.3) is 6.43 Å². The van der Waals surface area contributed by atoms with Gasteiger partial charge in [-0.2, -0.15) is 0 Å². The van der Waals surface area contributed by atoms with Crippen LogP contribution < -0.4 is 15.4 Å². The van der Waals surface area contributed by atoms with Gasteiger partial charge in [-0.1, -0.05) is 30.3 Å². The van der Waals surface area contributed by atoms with E-state index >= 15 is 0 Å². The molecule has 2 N–H and O–H groups in total. The average Bonchev–Trinajstić information content (AvgIpc) is 2.64. The number of hydrogen-bond donors (Lipinski definition) is 2. The summed E-state index contributed by atoms with van der Waals surface area (Å²) >= 11 is 0. The molecule has 0 unspecified atom stereocenters. The Morgan fingerprint density at radius 1 is 1.12 bits per heavy atom. The van der Waals surface area contributed by atoms with Crippen LogP contribution in [-0.2, 0) is 13.1 Å². The lowest BCUT2D eigenvalue weighted by atomic mass is 10.2. The predicted octanol–water partition coefficient (Wildman–Crippen LogP) is 3.72. The minimum absolute atomic E-state index is 0.278. The fraction of sp³-hybridized carbons (Fsp3) is 0.316. The molecule has 0 aliphatic rings. The average molecular weight is 365 g/mol. The number of aliphatic imine (C=N–C) groups is 1. The maximum atomic E-state index is 13.7. The normalized spacial score (nSPS) is 11.5. The second-order valence-electron chi connectivity index (χ2n) is 5.49. The predicted molar refractivity (Wildman–Crippen MR) is 96.0 cm³/mol. The molecule has 2 rings (SSSR count). The molecule has 0 spiro atoms. The number of nitrogens with zero attached hydrogens (tertiary/aromatic N) is 1. The van der Waals surface area contributed by atoms with Crippen LogP contribution in [-0.4, -0.2) is 25.5 Å². The monoisotopic (exact) mass is 365 g/mol. The number of halogens is 3. The van der Waals surface area contributed by atoms with Crippen LogP contribution in [0.4, 0.5) is 13.2 Å². The summed E-state index contributed by atoms with van der Waals surface area (Å²) < 4.78 is 43.1. The second-order valence-corrected chi connectivity index (χ2v) is 5.49. The van der Waals surface area contributed by atoms with Crippen LogP contribution in [0.25, 0.3) is 0 Å². The third kappa shape index (κ3) is 6.66. The van der Waals surface area contributed by atoms with Crippen molar-refractivity contribution in [1.29, 1.82) is 0 Å².